The van der Waals surface area contributed by atoms with E-state index in [0.29, 0.717) is 18.0 Å². The number of benzene rings is 1. The van der Waals surface area contributed by atoms with E-state index in [0.717, 1.165) is 5.56 Å². The van der Waals surface area contributed by atoms with Crippen LogP contribution in [0.25, 0.3) is 6.08 Å². The Bertz CT molecular complexity index is 590. The van der Waals surface area contributed by atoms with Gasteiger partial charge in [-0.3, -0.25) is 4.79 Å². The van der Waals surface area contributed by atoms with Gasteiger partial charge in [0.05, 0.1) is 27.4 Å². The second-order valence-electron chi connectivity index (χ2n) is 4.96. The normalized spacial score (nSPS) is 18.0. The number of morpholine rings is 1. The molecule has 1 aromatic carbocycles. The van der Waals surface area contributed by atoms with Crippen molar-refractivity contribution in [2.75, 3.05) is 33.9 Å². The highest BCUT2D eigenvalue weighted by Crippen LogP contribution is 2.23. The van der Waals surface area contributed by atoms with Gasteiger partial charge in [0.1, 0.15) is 11.5 Å². The highest BCUT2D eigenvalue weighted by atomic mass is 16.5. The van der Waals surface area contributed by atoms with Crippen LogP contribution in [0.4, 0.5) is 0 Å². The Balaban J connectivity index is 2.07. The average Bonchev–Trinajstić information content (AvgIpc) is 2.59. The van der Waals surface area contributed by atoms with E-state index >= 15 is 0 Å². The summed E-state index contributed by atoms with van der Waals surface area (Å²) in [4.78, 5) is 24.6. The zero-order valence-corrected chi connectivity index (χ0v) is 13.0. The second-order valence-corrected chi connectivity index (χ2v) is 4.96. The van der Waals surface area contributed by atoms with Gasteiger partial charge < -0.3 is 24.2 Å². The Kier molecular flexibility index (Phi) is 5.59. The molecule has 1 N–H and O–H groups in total. The number of carboxylic acids is 1. The molecular formula is C16H19NO6. The Morgan fingerprint density at radius 2 is 1.91 bits per heavy atom. The quantitative estimate of drug-likeness (QED) is 0.815. The Morgan fingerprint density at radius 1 is 1.26 bits per heavy atom. The van der Waals surface area contributed by atoms with Crippen LogP contribution >= 0.6 is 0 Å². The lowest BCUT2D eigenvalue weighted by atomic mass is 10.1. The number of amides is 1. The van der Waals surface area contributed by atoms with Crippen LogP contribution in [-0.4, -0.2) is 61.9 Å². The summed E-state index contributed by atoms with van der Waals surface area (Å²) in [6, 6.07) is 5.27. The Morgan fingerprint density at radius 3 is 2.48 bits per heavy atom. The molecule has 1 amide bonds. The highest BCUT2D eigenvalue weighted by molar-refractivity contribution is 5.92. The first kappa shape index (κ1) is 16.8. The molecule has 1 saturated heterocycles. The molecule has 1 unspecified atom stereocenters. The van der Waals surface area contributed by atoms with Crippen LogP contribution in [0.15, 0.2) is 24.3 Å². The van der Waals surface area contributed by atoms with Gasteiger partial charge >= 0.3 is 5.97 Å². The average molecular weight is 321 g/mol. The molecule has 23 heavy (non-hydrogen) atoms. The summed E-state index contributed by atoms with van der Waals surface area (Å²) >= 11 is 0. The number of ether oxygens (including phenoxy) is 3. The molecule has 0 bridgehead atoms. The molecule has 0 aliphatic carbocycles. The lowest BCUT2D eigenvalue weighted by molar-refractivity contribution is -0.158. The minimum absolute atomic E-state index is 0.0416. The van der Waals surface area contributed by atoms with Gasteiger partial charge in [-0.15, -0.1) is 0 Å². The number of methoxy groups -OCH3 is 2. The fraction of sp³-hybridized carbons (Fsp3) is 0.375. The minimum atomic E-state index is -1.07. The number of carboxylic acid groups (broad SMARTS) is 1. The van der Waals surface area contributed by atoms with Crippen LogP contribution in [-0.2, 0) is 14.3 Å². The monoisotopic (exact) mass is 321 g/mol. The van der Waals surface area contributed by atoms with Gasteiger partial charge in [-0.2, -0.15) is 0 Å². The zero-order chi connectivity index (χ0) is 16.8. The number of aliphatic carboxylic acids is 1. The van der Waals surface area contributed by atoms with E-state index in [4.69, 9.17) is 19.3 Å². The second kappa shape index (κ2) is 7.64. The van der Waals surface area contributed by atoms with Gasteiger partial charge in [-0.1, -0.05) is 0 Å². The molecule has 0 aromatic heterocycles. The van der Waals surface area contributed by atoms with Crippen molar-refractivity contribution in [1.82, 2.24) is 4.90 Å². The fourth-order valence-corrected chi connectivity index (χ4v) is 2.20. The van der Waals surface area contributed by atoms with Gasteiger partial charge in [0.15, 0.2) is 6.10 Å². The van der Waals surface area contributed by atoms with Gasteiger partial charge in [0, 0.05) is 18.7 Å². The Labute approximate surface area is 134 Å². The molecular weight excluding hydrogens is 302 g/mol. The van der Waals surface area contributed by atoms with Crippen molar-refractivity contribution in [2.24, 2.45) is 0 Å². The Hall–Kier alpha value is -2.54. The molecule has 1 atom stereocenters. The van der Waals surface area contributed by atoms with Crippen LogP contribution in [0.1, 0.15) is 5.56 Å². The van der Waals surface area contributed by atoms with Crippen LogP contribution in [0.5, 0.6) is 11.5 Å². The first-order valence-corrected chi connectivity index (χ1v) is 7.08. The first-order chi connectivity index (χ1) is 11.0. The predicted molar refractivity (Wildman–Crippen MR) is 82.5 cm³/mol. The summed E-state index contributed by atoms with van der Waals surface area (Å²) in [5, 5.41) is 8.95. The van der Waals surface area contributed by atoms with Gasteiger partial charge in [-0.05, 0) is 23.8 Å². The third-order valence-corrected chi connectivity index (χ3v) is 3.45. The topological polar surface area (TPSA) is 85.3 Å². The summed E-state index contributed by atoms with van der Waals surface area (Å²) in [5.74, 6) is -0.0899. The fourth-order valence-electron chi connectivity index (χ4n) is 2.20. The molecule has 0 spiro atoms. The van der Waals surface area contributed by atoms with Crippen molar-refractivity contribution in [2.45, 2.75) is 6.10 Å². The molecule has 2 rings (SSSR count). The van der Waals surface area contributed by atoms with E-state index in [-0.39, 0.29) is 19.1 Å². The smallest absolute Gasteiger partial charge is 0.334 e. The van der Waals surface area contributed by atoms with Crippen molar-refractivity contribution in [1.29, 1.82) is 0 Å². The van der Waals surface area contributed by atoms with E-state index in [1.165, 1.54) is 11.0 Å². The lowest BCUT2D eigenvalue weighted by Crippen LogP contribution is -2.48. The number of nitrogens with zero attached hydrogens (tertiary/aromatic N) is 1. The molecule has 0 saturated carbocycles. The molecule has 1 fully saturated rings. The van der Waals surface area contributed by atoms with Gasteiger partial charge in [0.25, 0.3) is 0 Å². The molecule has 0 radical (unpaired) electrons. The number of hydrogen-bond acceptors (Lipinski definition) is 5. The highest BCUT2D eigenvalue weighted by Gasteiger charge is 2.27. The molecule has 7 nitrogen and oxygen atoms in total. The van der Waals surface area contributed by atoms with E-state index in [9.17, 15) is 9.59 Å². The summed E-state index contributed by atoms with van der Waals surface area (Å²) < 4.78 is 15.4. The first-order valence-electron chi connectivity index (χ1n) is 7.08. The maximum atomic E-state index is 12.2. The molecule has 1 aromatic rings. The van der Waals surface area contributed by atoms with Crippen molar-refractivity contribution < 1.29 is 28.9 Å². The van der Waals surface area contributed by atoms with Crippen molar-refractivity contribution in [3.63, 3.8) is 0 Å². The number of carbonyl (C=O) groups is 2. The maximum Gasteiger partial charge on any atom is 0.334 e. The summed E-state index contributed by atoms with van der Waals surface area (Å²) in [7, 11) is 3.10. The standard InChI is InChI=1S/C16H19NO6/c1-21-12-7-11(8-13(9-12)22-2)3-4-15(18)17-5-6-23-14(10-17)16(19)20/h3-4,7-9,14H,5-6,10H2,1-2H3,(H,19,20)/b4-3+. The molecule has 1 aliphatic rings. The van der Waals surface area contributed by atoms with E-state index in [1.54, 1.807) is 38.5 Å². The molecule has 124 valence electrons. The summed E-state index contributed by atoms with van der Waals surface area (Å²) in [6.07, 6.45) is 2.06. The predicted octanol–water partition coefficient (Wildman–Crippen LogP) is 1.03. The van der Waals surface area contributed by atoms with E-state index < -0.39 is 12.1 Å². The molecule has 7 heteroatoms. The van der Waals surface area contributed by atoms with E-state index in [2.05, 4.69) is 0 Å². The van der Waals surface area contributed by atoms with Crippen LogP contribution in [0.2, 0.25) is 0 Å². The SMILES string of the molecule is COc1cc(/C=C/C(=O)N2CCOC(C(=O)O)C2)cc(OC)c1. The zero-order valence-electron chi connectivity index (χ0n) is 13.0. The number of hydrogen-bond donors (Lipinski definition) is 1. The van der Waals surface area contributed by atoms with E-state index in [1.807, 2.05) is 0 Å². The van der Waals surface area contributed by atoms with Gasteiger partial charge in [-0.25, -0.2) is 4.79 Å². The van der Waals surface area contributed by atoms with Crippen LogP contribution in [0, 0.1) is 0 Å². The maximum absolute atomic E-state index is 12.2. The minimum Gasteiger partial charge on any atom is -0.497 e. The number of rotatable bonds is 5. The van der Waals surface area contributed by atoms with Crippen LogP contribution in [0.3, 0.4) is 0 Å². The lowest BCUT2D eigenvalue weighted by Gasteiger charge is -2.30. The third kappa shape index (κ3) is 4.46. The molecule has 1 aliphatic heterocycles. The van der Waals surface area contributed by atoms with Crippen molar-refractivity contribution in [3.05, 3.63) is 29.8 Å². The number of carbonyl (C=O) groups excluding carboxylic acids is 1. The van der Waals surface area contributed by atoms with Crippen molar-refractivity contribution in [3.8, 4) is 11.5 Å². The summed E-state index contributed by atoms with van der Waals surface area (Å²) in [6.45, 7) is 0.623. The summed E-state index contributed by atoms with van der Waals surface area (Å²) in [5.41, 5.74) is 0.748. The van der Waals surface area contributed by atoms with Crippen molar-refractivity contribution >= 4 is 18.0 Å². The largest absolute Gasteiger partial charge is 0.497 e. The molecule has 1 heterocycles. The van der Waals surface area contributed by atoms with Gasteiger partial charge in [0.2, 0.25) is 5.91 Å². The van der Waals surface area contributed by atoms with Crippen LogP contribution < -0.4 is 9.47 Å². The third-order valence-electron chi connectivity index (χ3n) is 3.45.